The Kier molecular flexibility index (Phi) is 4.20. The van der Waals surface area contributed by atoms with Crippen molar-refractivity contribution in [3.63, 3.8) is 0 Å². The van der Waals surface area contributed by atoms with Crippen LogP contribution in [0.25, 0.3) is 0 Å². The Morgan fingerprint density at radius 3 is 2.50 bits per heavy atom. The minimum Gasteiger partial charge on any atom is -0.481 e. The third kappa shape index (κ3) is 2.68. The van der Waals surface area contributed by atoms with E-state index in [1.54, 1.807) is 0 Å². The maximum Gasteiger partial charge on any atom is 0.312 e. The zero-order chi connectivity index (χ0) is 12.3. The van der Waals surface area contributed by atoms with Crippen molar-refractivity contribution in [1.82, 2.24) is 0 Å². The molecule has 0 radical (unpaired) electrons. The summed E-state index contributed by atoms with van der Waals surface area (Å²) in [6.45, 7) is -0.136. The van der Waals surface area contributed by atoms with Crippen molar-refractivity contribution in [2.24, 2.45) is 5.73 Å². The summed E-state index contributed by atoms with van der Waals surface area (Å²) in [5.41, 5.74) is 5.30. The summed E-state index contributed by atoms with van der Waals surface area (Å²) >= 11 is 5.74. The Balaban J connectivity index is 3.11. The van der Waals surface area contributed by atoms with Crippen molar-refractivity contribution in [3.05, 3.63) is 34.3 Å². The van der Waals surface area contributed by atoms with Gasteiger partial charge in [-0.1, -0.05) is 23.7 Å². The molecule has 0 aromatic heterocycles. The molecule has 1 unspecified atom stereocenters. The number of nitrogens with two attached hydrogens (primary N) is 1. The maximum absolute atomic E-state index is 12.3. The molecule has 1 aromatic rings. The maximum atomic E-state index is 12.3. The van der Waals surface area contributed by atoms with E-state index in [-0.39, 0.29) is 22.7 Å². The molecule has 0 aliphatic heterocycles. The van der Waals surface area contributed by atoms with Crippen molar-refractivity contribution >= 4 is 17.6 Å². The predicted octanol–water partition coefficient (Wildman–Crippen LogP) is 2.40. The molecule has 0 spiro atoms. The third-order valence-electron chi connectivity index (χ3n) is 2.19. The van der Waals surface area contributed by atoms with Crippen LogP contribution in [0.2, 0.25) is 5.02 Å². The van der Waals surface area contributed by atoms with Gasteiger partial charge < -0.3 is 10.8 Å². The molecule has 0 saturated carbocycles. The lowest BCUT2D eigenvalue weighted by Crippen LogP contribution is -2.21. The van der Waals surface area contributed by atoms with Gasteiger partial charge in [-0.2, -0.15) is 0 Å². The minimum absolute atomic E-state index is 0.00403. The molecule has 0 heterocycles. The van der Waals surface area contributed by atoms with Gasteiger partial charge in [0.25, 0.3) is 6.43 Å². The Hall–Kier alpha value is -1.20. The Morgan fingerprint density at radius 2 is 2.12 bits per heavy atom. The van der Waals surface area contributed by atoms with Gasteiger partial charge in [0.1, 0.15) is 0 Å². The van der Waals surface area contributed by atoms with Crippen LogP contribution in [0.15, 0.2) is 18.2 Å². The molecule has 1 aromatic carbocycles. The molecule has 16 heavy (non-hydrogen) atoms. The highest BCUT2D eigenvalue weighted by Gasteiger charge is 2.21. The summed E-state index contributed by atoms with van der Waals surface area (Å²) in [4.78, 5) is 10.8. The van der Waals surface area contributed by atoms with Crippen LogP contribution < -0.4 is 5.73 Å². The molecule has 0 aliphatic carbocycles. The highest BCUT2D eigenvalue weighted by Crippen LogP contribution is 2.29. The highest BCUT2D eigenvalue weighted by atomic mass is 35.5. The van der Waals surface area contributed by atoms with Crippen molar-refractivity contribution in [1.29, 1.82) is 0 Å². The lowest BCUT2D eigenvalue weighted by Gasteiger charge is -2.12. The van der Waals surface area contributed by atoms with E-state index in [0.717, 1.165) is 12.1 Å². The van der Waals surface area contributed by atoms with E-state index in [1.807, 2.05) is 0 Å². The number of benzene rings is 1. The molecule has 6 heteroatoms. The quantitative estimate of drug-likeness (QED) is 0.861. The summed E-state index contributed by atoms with van der Waals surface area (Å²) in [7, 11) is 0. The lowest BCUT2D eigenvalue weighted by molar-refractivity contribution is -0.138. The molecule has 88 valence electrons. The largest absolute Gasteiger partial charge is 0.481 e. The first-order valence-electron chi connectivity index (χ1n) is 4.47. The van der Waals surface area contributed by atoms with E-state index < -0.39 is 18.3 Å². The van der Waals surface area contributed by atoms with Gasteiger partial charge in [0.15, 0.2) is 0 Å². The standard InChI is InChI=1S/C10H10ClF2NO2/c11-8-3-5(9(12)13)1-2-6(8)7(4-14)10(15)16/h1-3,7,9H,4,14H2,(H,15,16). The first-order valence-corrected chi connectivity index (χ1v) is 4.85. The normalized spacial score (nSPS) is 12.8. The SMILES string of the molecule is NCC(C(=O)O)c1ccc(C(F)F)cc1Cl. The van der Waals surface area contributed by atoms with Crippen molar-refractivity contribution in [3.8, 4) is 0 Å². The van der Waals surface area contributed by atoms with E-state index in [9.17, 15) is 13.6 Å². The fourth-order valence-corrected chi connectivity index (χ4v) is 1.64. The number of carbonyl (C=O) groups is 1. The first kappa shape index (κ1) is 12.9. The van der Waals surface area contributed by atoms with Crippen molar-refractivity contribution in [2.45, 2.75) is 12.3 Å². The van der Waals surface area contributed by atoms with Crippen LogP contribution in [-0.2, 0) is 4.79 Å². The van der Waals surface area contributed by atoms with Crippen LogP contribution in [-0.4, -0.2) is 17.6 Å². The van der Waals surface area contributed by atoms with E-state index >= 15 is 0 Å². The van der Waals surface area contributed by atoms with Crippen LogP contribution in [0.5, 0.6) is 0 Å². The van der Waals surface area contributed by atoms with Crippen molar-refractivity contribution < 1.29 is 18.7 Å². The summed E-state index contributed by atoms with van der Waals surface area (Å²) < 4.78 is 24.6. The average Bonchev–Trinajstić information content (AvgIpc) is 2.20. The van der Waals surface area contributed by atoms with Gasteiger partial charge in [0.2, 0.25) is 0 Å². The van der Waals surface area contributed by atoms with Gasteiger partial charge in [-0.25, -0.2) is 8.78 Å². The van der Waals surface area contributed by atoms with Crippen LogP contribution in [0.3, 0.4) is 0 Å². The number of hydrogen-bond donors (Lipinski definition) is 2. The molecule has 1 atom stereocenters. The smallest absolute Gasteiger partial charge is 0.312 e. The minimum atomic E-state index is -2.63. The van der Waals surface area contributed by atoms with E-state index in [2.05, 4.69) is 0 Å². The predicted molar refractivity (Wildman–Crippen MR) is 55.8 cm³/mol. The van der Waals surface area contributed by atoms with Gasteiger partial charge in [0, 0.05) is 17.1 Å². The molecular formula is C10H10ClF2NO2. The molecule has 0 aliphatic rings. The van der Waals surface area contributed by atoms with Crippen LogP contribution >= 0.6 is 11.6 Å². The number of aliphatic carboxylic acids is 1. The topological polar surface area (TPSA) is 63.3 Å². The summed E-state index contributed by atoms with van der Waals surface area (Å²) in [6, 6.07) is 3.49. The van der Waals surface area contributed by atoms with Crippen LogP contribution in [0.4, 0.5) is 8.78 Å². The molecule has 3 N–H and O–H groups in total. The summed E-state index contributed by atoms with van der Waals surface area (Å²) in [6.07, 6.45) is -2.63. The third-order valence-corrected chi connectivity index (χ3v) is 2.51. The van der Waals surface area contributed by atoms with Gasteiger partial charge in [-0.05, 0) is 11.6 Å². The van der Waals surface area contributed by atoms with Gasteiger partial charge >= 0.3 is 5.97 Å². The average molecular weight is 250 g/mol. The Bertz CT molecular complexity index is 398. The monoisotopic (exact) mass is 249 g/mol. The lowest BCUT2D eigenvalue weighted by atomic mass is 9.98. The first-order chi connectivity index (χ1) is 7.47. The van der Waals surface area contributed by atoms with E-state index in [4.69, 9.17) is 22.4 Å². The second kappa shape index (κ2) is 5.23. The Morgan fingerprint density at radius 1 is 1.50 bits per heavy atom. The molecule has 0 saturated heterocycles. The van der Waals surface area contributed by atoms with Crippen LogP contribution in [0.1, 0.15) is 23.5 Å². The highest BCUT2D eigenvalue weighted by molar-refractivity contribution is 6.31. The molecular weight excluding hydrogens is 240 g/mol. The number of alkyl halides is 2. The summed E-state index contributed by atoms with van der Waals surface area (Å²) in [5.74, 6) is -2.10. The number of hydrogen-bond acceptors (Lipinski definition) is 2. The fourth-order valence-electron chi connectivity index (χ4n) is 1.32. The second-order valence-electron chi connectivity index (χ2n) is 3.21. The van der Waals surface area contributed by atoms with Crippen LogP contribution in [0, 0.1) is 0 Å². The number of halogens is 3. The van der Waals surface area contributed by atoms with E-state index in [0.29, 0.717) is 0 Å². The van der Waals surface area contributed by atoms with Gasteiger partial charge in [-0.15, -0.1) is 0 Å². The molecule has 3 nitrogen and oxygen atoms in total. The number of rotatable bonds is 4. The number of carboxylic acid groups (broad SMARTS) is 1. The molecule has 0 amide bonds. The zero-order valence-corrected chi connectivity index (χ0v) is 8.92. The zero-order valence-electron chi connectivity index (χ0n) is 8.16. The molecule has 0 bridgehead atoms. The fraction of sp³-hybridized carbons (Fsp3) is 0.300. The Labute approximate surface area is 95.8 Å². The molecule has 1 rings (SSSR count). The molecule has 0 fully saturated rings. The number of carboxylic acids is 1. The second-order valence-corrected chi connectivity index (χ2v) is 3.62. The summed E-state index contributed by atoms with van der Waals surface area (Å²) in [5, 5.41) is 8.84. The van der Waals surface area contributed by atoms with Gasteiger partial charge in [-0.3, -0.25) is 4.79 Å². The van der Waals surface area contributed by atoms with E-state index in [1.165, 1.54) is 6.07 Å². The van der Waals surface area contributed by atoms with Gasteiger partial charge in [0.05, 0.1) is 5.92 Å². The van der Waals surface area contributed by atoms with Crippen molar-refractivity contribution in [2.75, 3.05) is 6.54 Å².